The predicted octanol–water partition coefficient (Wildman–Crippen LogP) is 2.68. The van der Waals surface area contributed by atoms with Crippen LogP contribution in [-0.2, 0) is 24.4 Å². The van der Waals surface area contributed by atoms with Gasteiger partial charge in [0, 0.05) is 44.8 Å². The molecule has 0 bridgehead atoms. The molecule has 1 amide bonds. The number of likely N-dealkylation sites (tertiary alicyclic amines) is 1. The van der Waals surface area contributed by atoms with E-state index in [4.69, 9.17) is 4.98 Å². The first-order valence-electron chi connectivity index (χ1n) is 13.2. The third-order valence-corrected chi connectivity index (χ3v) is 9.85. The van der Waals surface area contributed by atoms with Crippen molar-refractivity contribution in [2.45, 2.75) is 63.8 Å². The molecule has 1 aromatic carbocycles. The lowest BCUT2D eigenvalue weighted by Gasteiger charge is -2.40. The molecule has 202 valence electrons. The van der Waals surface area contributed by atoms with Crippen molar-refractivity contribution >= 4 is 33.6 Å². The molecule has 2 fully saturated rings. The summed E-state index contributed by atoms with van der Waals surface area (Å²) in [5.74, 6) is 0.304. The molecular formula is C27H34N6O3S2. The molecule has 2 saturated heterocycles. The predicted molar refractivity (Wildman–Crippen MR) is 150 cm³/mol. The highest BCUT2D eigenvalue weighted by molar-refractivity contribution is 7.16. The first-order chi connectivity index (χ1) is 18.5. The highest BCUT2D eigenvalue weighted by Gasteiger charge is 2.36. The topological polar surface area (TPSA) is 122 Å². The van der Waals surface area contributed by atoms with Crippen LogP contribution in [0.4, 0.5) is 5.00 Å². The van der Waals surface area contributed by atoms with Crippen LogP contribution >= 0.6 is 22.7 Å². The third kappa shape index (κ3) is 5.30. The van der Waals surface area contributed by atoms with Crippen LogP contribution in [0.2, 0.25) is 0 Å². The molecule has 3 aliphatic heterocycles. The van der Waals surface area contributed by atoms with Gasteiger partial charge in [-0.3, -0.25) is 15.0 Å². The molecule has 0 spiro atoms. The number of carbonyl (C=O) groups is 1. The highest BCUT2D eigenvalue weighted by atomic mass is 32.1. The average Bonchev–Trinajstić information content (AvgIpc) is 3.68. The van der Waals surface area contributed by atoms with Crippen LogP contribution in [0.3, 0.4) is 0 Å². The molecule has 11 heteroatoms. The first-order valence-corrected chi connectivity index (χ1v) is 14.9. The summed E-state index contributed by atoms with van der Waals surface area (Å²) in [5, 5.41) is 35.2. The molecular weight excluding hydrogens is 520 g/mol. The number of fused-ring (bicyclic) bond motifs is 1. The summed E-state index contributed by atoms with van der Waals surface area (Å²) < 4.78 is 0. The van der Waals surface area contributed by atoms with E-state index in [2.05, 4.69) is 33.4 Å². The highest BCUT2D eigenvalue weighted by Crippen LogP contribution is 2.41. The van der Waals surface area contributed by atoms with E-state index in [0.717, 1.165) is 60.5 Å². The second kappa shape index (κ2) is 11.1. The Labute approximate surface area is 230 Å². The number of benzene rings is 1. The van der Waals surface area contributed by atoms with Crippen molar-refractivity contribution in [2.24, 2.45) is 0 Å². The summed E-state index contributed by atoms with van der Waals surface area (Å²) in [6.07, 6.45) is 2.66. The summed E-state index contributed by atoms with van der Waals surface area (Å²) >= 11 is 3.17. The Balaban J connectivity index is 1.07. The maximum Gasteiger partial charge on any atom is 0.242 e. The maximum absolute atomic E-state index is 12.4. The first kappa shape index (κ1) is 26.0. The number of nitrogens with zero attached hydrogens (tertiary/aromatic N) is 2. The average molecular weight is 555 g/mol. The Hall–Kier alpha value is -2.22. The fourth-order valence-electron chi connectivity index (χ4n) is 5.46. The minimum Gasteiger partial charge on any atom is -0.379 e. The molecule has 2 aromatic heterocycles. The van der Waals surface area contributed by atoms with Crippen molar-refractivity contribution in [1.29, 1.82) is 0 Å². The number of nitrogens with one attached hydrogen (secondary N) is 4. The van der Waals surface area contributed by atoms with Gasteiger partial charge in [-0.25, -0.2) is 4.98 Å². The molecule has 0 radical (unpaired) electrons. The second-order valence-electron chi connectivity index (χ2n) is 10.3. The van der Waals surface area contributed by atoms with Gasteiger partial charge < -0.3 is 26.2 Å². The quantitative estimate of drug-likeness (QED) is 0.223. The number of aliphatic hydroxyl groups is 2. The molecule has 38 heavy (non-hydrogen) atoms. The van der Waals surface area contributed by atoms with Gasteiger partial charge in [0.1, 0.15) is 12.5 Å². The molecule has 5 heterocycles. The van der Waals surface area contributed by atoms with Crippen molar-refractivity contribution in [3.05, 3.63) is 57.0 Å². The number of anilines is 1. The zero-order chi connectivity index (χ0) is 26.2. The summed E-state index contributed by atoms with van der Waals surface area (Å²) in [6, 6.07) is 7.98. The van der Waals surface area contributed by atoms with Crippen molar-refractivity contribution in [3.63, 3.8) is 0 Å². The Morgan fingerprint density at radius 2 is 2.03 bits per heavy atom. The molecule has 0 aliphatic carbocycles. The Bertz CT molecular complexity index is 1300. The van der Waals surface area contributed by atoms with E-state index in [9.17, 15) is 15.0 Å². The summed E-state index contributed by atoms with van der Waals surface area (Å²) in [5.41, 5.74) is 5.08. The minimum atomic E-state index is -0.678. The van der Waals surface area contributed by atoms with E-state index < -0.39 is 12.5 Å². The molecule has 3 atom stereocenters. The van der Waals surface area contributed by atoms with Crippen LogP contribution in [0.1, 0.15) is 58.5 Å². The third-order valence-electron chi connectivity index (χ3n) is 7.62. The number of aromatic nitrogens is 1. The van der Waals surface area contributed by atoms with Crippen LogP contribution in [0.5, 0.6) is 0 Å². The number of hydrogen-bond acceptors (Lipinski definition) is 10. The number of rotatable bonds is 9. The van der Waals surface area contributed by atoms with Gasteiger partial charge in [0.25, 0.3) is 0 Å². The molecule has 3 aromatic rings. The molecule has 3 aliphatic rings. The molecule has 2 unspecified atom stereocenters. The van der Waals surface area contributed by atoms with E-state index in [1.807, 2.05) is 23.2 Å². The Morgan fingerprint density at radius 3 is 2.82 bits per heavy atom. The number of carbonyl (C=O) groups excluding carboxylic acids is 1. The lowest BCUT2D eigenvalue weighted by atomic mass is 9.97. The van der Waals surface area contributed by atoms with Gasteiger partial charge in [-0.05, 0) is 60.7 Å². The fourth-order valence-corrected chi connectivity index (χ4v) is 7.44. The van der Waals surface area contributed by atoms with Gasteiger partial charge in [0.2, 0.25) is 5.91 Å². The zero-order valence-electron chi connectivity index (χ0n) is 21.4. The lowest BCUT2D eigenvalue weighted by molar-refractivity contribution is -0.117. The summed E-state index contributed by atoms with van der Waals surface area (Å²) in [7, 11) is 0. The number of amides is 1. The lowest BCUT2D eigenvalue weighted by Crippen LogP contribution is -2.46. The maximum atomic E-state index is 12.4. The summed E-state index contributed by atoms with van der Waals surface area (Å²) in [4.78, 5) is 21.2. The van der Waals surface area contributed by atoms with Crippen LogP contribution in [-0.4, -0.2) is 57.9 Å². The van der Waals surface area contributed by atoms with Crippen LogP contribution in [0, 0.1) is 0 Å². The zero-order valence-corrected chi connectivity index (χ0v) is 23.0. The van der Waals surface area contributed by atoms with Gasteiger partial charge >= 0.3 is 0 Å². The Morgan fingerprint density at radius 1 is 1.18 bits per heavy atom. The van der Waals surface area contributed by atoms with Crippen molar-refractivity contribution in [3.8, 4) is 10.4 Å². The summed E-state index contributed by atoms with van der Waals surface area (Å²) in [6.45, 7) is 6.45. The van der Waals surface area contributed by atoms with Gasteiger partial charge in [0.05, 0.1) is 25.8 Å². The van der Waals surface area contributed by atoms with Crippen molar-refractivity contribution < 1.29 is 15.0 Å². The molecule has 9 nitrogen and oxygen atoms in total. The molecule has 0 saturated carbocycles. The minimum absolute atomic E-state index is 0.00136. The van der Waals surface area contributed by atoms with E-state index in [1.165, 1.54) is 38.5 Å². The van der Waals surface area contributed by atoms with Gasteiger partial charge in [-0.2, -0.15) is 0 Å². The smallest absolute Gasteiger partial charge is 0.242 e. The van der Waals surface area contributed by atoms with E-state index in [1.54, 1.807) is 18.3 Å². The van der Waals surface area contributed by atoms with Crippen molar-refractivity contribution in [2.75, 3.05) is 25.0 Å². The van der Waals surface area contributed by atoms with E-state index >= 15 is 0 Å². The van der Waals surface area contributed by atoms with Gasteiger partial charge in [-0.15, -0.1) is 22.7 Å². The monoisotopic (exact) mass is 554 g/mol. The van der Waals surface area contributed by atoms with Gasteiger partial charge in [0.15, 0.2) is 0 Å². The number of aliphatic hydroxyl groups excluding tert-OH is 2. The number of thiophene rings is 1. The van der Waals surface area contributed by atoms with Crippen LogP contribution in [0.25, 0.3) is 10.4 Å². The number of thiazole rings is 1. The van der Waals surface area contributed by atoms with Crippen LogP contribution in [0.15, 0.2) is 30.5 Å². The standard InChI is InChI=1S/C27H34N6O3S2/c1-15(34)30-9-16-4-5-18(20-11-28-10-19(16)20)23-12-31-26(38-23)17-13-33(14-17)27(36)22-6-7-24(37-22)32-25(35)21-3-2-8-29-21/h4-7,12,15,17,21,27-30,34,36H,2-3,8-11,13-14H2,1H3,(H,32,35)/t15?,21-,27?/m0/s1. The van der Waals surface area contributed by atoms with Crippen molar-refractivity contribution in [1.82, 2.24) is 25.8 Å². The SMILES string of the molecule is CC(O)NCc1ccc(-c2cnc(C3CN(C(O)c4ccc(NC(=O)[C@@H]5CCCN5)s4)C3)s2)c2c1CNC2. The van der Waals surface area contributed by atoms with Gasteiger partial charge in [-0.1, -0.05) is 12.1 Å². The molecule has 6 rings (SSSR count). The largest absolute Gasteiger partial charge is 0.379 e. The van der Waals surface area contributed by atoms with Crippen LogP contribution < -0.4 is 21.3 Å². The second-order valence-corrected chi connectivity index (χ2v) is 12.5. The Kier molecular flexibility index (Phi) is 7.61. The normalized spacial score (nSPS) is 21.3. The number of hydrogen-bond donors (Lipinski definition) is 6. The fraction of sp³-hybridized carbons (Fsp3) is 0.481. The van der Waals surface area contributed by atoms with E-state index in [0.29, 0.717) is 12.5 Å². The molecule has 6 N–H and O–H groups in total. The van der Waals surface area contributed by atoms with E-state index in [-0.39, 0.29) is 11.9 Å².